The maximum absolute atomic E-state index is 9.54. The van der Waals surface area contributed by atoms with E-state index in [1.807, 2.05) is 18.2 Å². The number of benzene rings is 1. The normalized spacial score (nSPS) is 12.5. The maximum Gasteiger partial charge on any atom is 0.180 e. The molecule has 1 aromatic rings. The quantitative estimate of drug-likeness (QED) is 0.755. The second-order valence-corrected chi connectivity index (χ2v) is 3.76. The van der Waals surface area contributed by atoms with E-state index in [-0.39, 0.29) is 0 Å². The van der Waals surface area contributed by atoms with Crippen molar-refractivity contribution < 1.29 is 14.6 Å². The van der Waals surface area contributed by atoms with Crippen LogP contribution in [0.25, 0.3) is 0 Å². The predicted octanol–water partition coefficient (Wildman–Crippen LogP) is 2.68. The zero-order chi connectivity index (χ0) is 12.0. The number of aliphatic hydroxyl groups is 1. The molecule has 1 rings (SSSR count). The molecular weight excluding hydrogens is 204 g/mol. The van der Waals surface area contributed by atoms with Crippen LogP contribution in [0.4, 0.5) is 0 Å². The highest BCUT2D eigenvalue weighted by Crippen LogP contribution is 2.25. The van der Waals surface area contributed by atoms with Gasteiger partial charge in [0.25, 0.3) is 0 Å². The van der Waals surface area contributed by atoms with Crippen molar-refractivity contribution >= 4 is 0 Å². The molecule has 3 nitrogen and oxygen atoms in total. The molecule has 3 heteroatoms. The first kappa shape index (κ1) is 13.0. The summed E-state index contributed by atoms with van der Waals surface area (Å²) in [5, 5.41) is 9.54. The van der Waals surface area contributed by atoms with E-state index >= 15 is 0 Å². The summed E-state index contributed by atoms with van der Waals surface area (Å²) in [7, 11) is 3.12. The first-order valence-electron chi connectivity index (χ1n) is 5.60. The lowest BCUT2D eigenvalue weighted by Crippen LogP contribution is -2.01. The molecule has 0 heterocycles. The summed E-state index contributed by atoms with van der Waals surface area (Å²) in [4.78, 5) is 0. The van der Waals surface area contributed by atoms with Crippen molar-refractivity contribution in [1.29, 1.82) is 0 Å². The van der Waals surface area contributed by atoms with Gasteiger partial charge in [0.1, 0.15) is 5.75 Å². The minimum atomic E-state index is -0.880. The molecule has 0 aliphatic heterocycles. The summed E-state index contributed by atoms with van der Waals surface area (Å²) in [6, 6.07) is 5.70. The molecular formula is C13H20O3. The largest absolute Gasteiger partial charge is 0.496 e. The minimum absolute atomic E-state index is 0.722. The third kappa shape index (κ3) is 3.22. The third-order valence-electron chi connectivity index (χ3n) is 2.62. The lowest BCUT2D eigenvalue weighted by atomic mass is 10.0. The van der Waals surface area contributed by atoms with E-state index in [0.29, 0.717) is 0 Å². The molecule has 0 aromatic heterocycles. The van der Waals surface area contributed by atoms with Crippen LogP contribution in [0.15, 0.2) is 18.2 Å². The van der Waals surface area contributed by atoms with Crippen molar-refractivity contribution in [3.05, 3.63) is 29.3 Å². The molecule has 90 valence electrons. The Bertz CT molecular complexity index is 323. The van der Waals surface area contributed by atoms with Gasteiger partial charge in [-0.1, -0.05) is 25.5 Å². The minimum Gasteiger partial charge on any atom is -0.496 e. The number of hydrogen-bond donors (Lipinski definition) is 1. The Balaban J connectivity index is 2.88. The van der Waals surface area contributed by atoms with Crippen molar-refractivity contribution in [2.45, 2.75) is 32.5 Å². The summed E-state index contributed by atoms with van der Waals surface area (Å²) in [5.41, 5.74) is 1.90. The topological polar surface area (TPSA) is 38.7 Å². The molecule has 0 fully saturated rings. The van der Waals surface area contributed by atoms with Crippen LogP contribution < -0.4 is 4.74 Å². The van der Waals surface area contributed by atoms with Crippen LogP contribution in [0.3, 0.4) is 0 Å². The lowest BCUT2D eigenvalue weighted by molar-refractivity contribution is -0.0770. The molecule has 0 radical (unpaired) electrons. The Kier molecular flexibility index (Phi) is 5.29. The summed E-state index contributed by atoms with van der Waals surface area (Å²) in [6.45, 7) is 2.16. The van der Waals surface area contributed by atoms with Crippen molar-refractivity contribution in [1.82, 2.24) is 0 Å². The smallest absolute Gasteiger partial charge is 0.180 e. The highest BCUT2D eigenvalue weighted by molar-refractivity contribution is 5.38. The van der Waals surface area contributed by atoms with Crippen molar-refractivity contribution in [3.8, 4) is 5.75 Å². The second-order valence-electron chi connectivity index (χ2n) is 3.76. The molecule has 1 unspecified atom stereocenters. The summed E-state index contributed by atoms with van der Waals surface area (Å²) >= 11 is 0. The zero-order valence-corrected chi connectivity index (χ0v) is 10.2. The number of ether oxygens (including phenoxy) is 2. The van der Waals surface area contributed by atoms with Crippen molar-refractivity contribution in [2.75, 3.05) is 14.2 Å². The molecule has 0 amide bonds. The van der Waals surface area contributed by atoms with Crippen LogP contribution in [0.2, 0.25) is 0 Å². The van der Waals surface area contributed by atoms with Gasteiger partial charge in [0, 0.05) is 12.7 Å². The van der Waals surface area contributed by atoms with E-state index in [1.54, 1.807) is 7.11 Å². The van der Waals surface area contributed by atoms with Gasteiger partial charge in [0.15, 0.2) is 6.29 Å². The van der Waals surface area contributed by atoms with Gasteiger partial charge in [-0.05, 0) is 24.5 Å². The summed E-state index contributed by atoms with van der Waals surface area (Å²) in [6.07, 6.45) is 2.42. The molecule has 1 aromatic carbocycles. The molecule has 0 saturated heterocycles. The zero-order valence-electron chi connectivity index (χ0n) is 10.2. The van der Waals surface area contributed by atoms with E-state index in [2.05, 4.69) is 6.92 Å². The Labute approximate surface area is 97.0 Å². The van der Waals surface area contributed by atoms with Gasteiger partial charge < -0.3 is 14.6 Å². The van der Waals surface area contributed by atoms with E-state index < -0.39 is 6.29 Å². The first-order valence-corrected chi connectivity index (χ1v) is 5.60. The molecule has 0 bridgehead atoms. The summed E-state index contributed by atoms with van der Waals surface area (Å²) in [5.74, 6) is 0.821. The Morgan fingerprint density at radius 3 is 2.62 bits per heavy atom. The Morgan fingerprint density at radius 1 is 1.31 bits per heavy atom. The van der Waals surface area contributed by atoms with Gasteiger partial charge in [-0.2, -0.15) is 0 Å². The standard InChI is InChI=1S/C13H20O3/c1-4-5-6-10-7-8-11(13(14)16-3)9-12(10)15-2/h7-9,13-14H,4-6H2,1-3H3. The van der Waals surface area contributed by atoms with Crippen LogP contribution in [0.1, 0.15) is 37.2 Å². The van der Waals surface area contributed by atoms with Crippen LogP contribution >= 0.6 is 0 Å². The number of rotatable bonds is 6. The predicted molar refractivity (Wildman–Crippen MR) is 63.6 cm³/mol. The lowest BCUT2D eigenvalue weighted by Gasteiger charge is -2.13. The molecule has 0 saturated carbocycles. The fraction of sp³-hybridized carbons (Fsp3) is 0.538. The van der Waals surface area contributed by atoms with Gasteiger partial charge in [0.2, 0.25) is 0 Å². The van der Waals surface area contributed by atoms with Crippen molar-refractivity contribution in [3.63, 3.8) is 0 Å². The third-order valence-corrected chi connectivity index (χ3v) is 2.62. The fourth-order valence-electron chi connectivity index (χ4n) is 1.62. The van der Waals surface area contributed by atoms with Gasteiger partial charge in [-0.25, -0.2) is 0 Å². The van der Waals surface area contributed by atoms with Crippen LogP contribution in [-0.2, 0) is 11.2 Å². The highest BCUT2D eigenvalue weighted by Gasteiger charge is 2.09. The van der Waals surface area contributed by atoms with Crippen LogP contribution in [0, 0.1) is 0 Å². The average molecular weight is 224 g/mol. The fourth-order valence-corrected chi connectivity index (χ4v) is 1.62. The number of unbranched alkanes of at least 4 members (excludes halogenated alkanes) is 1. The number of aliphatic hydroxyl groups excluding tert-OH is 1. The van der Waals surface area contributed by atoms with E-state index in [1.165, 1.54) is 12.7 Å². The SMILES string of the molecule is CCCCc1ccc(C(O)OC)cc1OC. The number of methoxy groups -OCH3 is 2. The van der Waals surface area contributed by atoms with Crippen LogP contribution in [0.5, 0.6) is 5.75 Å². The highest BCUT2D eigenvalue weighted by atomic mass is 16.6. The summed E-state index contributed by atoms with van der Waals surface area (Å²) < 4.78 is 10.2. The van der Waals surface area contributed by atoms with Gasteiger partial charge in [0.05, 0.1) is 7.11 Å². The number of hydrogen-bond acceptors (Lipinski definition) is 3. The second kappa shape index (κ2) is 6.51. The van der Waals surface area contributed by atoms with Gasteiger partial charge in [-0.3, -0.25) is 0 Å². The molecule has 1 N–H and O–H groups in total. The maximum atomic E-state index is 9.54. The van der Waals surface area contributed by atoms with Crippen molar-refractivity contribution in [2.24, 2.45) is 0 Å². The number of aryl methyl sites for hydroxylation is 1. The van der Waals surface area contributed by atoms with Gasteiger partial charge >= 0.3 is 0 Å². The monoisotopic (exact) mass is 224 g/mol. The van der Waals surface area contributed by atoms with E-state index in [0.717, 1.165) is 30.6 Å². The Morgan fingerprint density at radius 2 is 2.06 bits per heavy atom. The molecule has 0 aliphatic rings. The van der Waals surface area contributed by atoms with E-state index in [9.17, 15) is 5.11 Å². The average Bonchev–Trinajstić information content (AvgIpc) is 2.35. The molecule has 0 aliphatic carbocycles. The van der Waals surface area contributed by atoms with E-state index in [4.69, 9.17) is 9.47 Å². The Hall–Kier alpha value is -1.06. The molecule has 16 heavy (non-hydrogen) atoms. The van der Waals surface area contributed by atoms with Crippen LogP contribution in [-0.4, -0.2) is 19.3 Å². The molecule has 0 spiro atoms. The van der Waals surface area contributed by atoms with Gasteiger partial charge in [-0.15, -0.1) is 0 Å². The molecule has 1 atom stereocenters. The first-order chi connectivity index (χ1) is 7.72.